The Kier molecular flexibility index (Phi) is 14.9. The van der Waals surface area contributed by atoms with E-state index in [1.54, 1.807) is 14.0 Å². The molecule has 5 heteroatoms. The monoisotopic (exact) mass is 281 g/mol. The van der Waals surface area contributed by atoms with E-state index in [0.29, 0.717) is 26.4 Å². The summed E-state index contributed by atoms with van der Waals surface area (Å²) in [5, 5.41) is 8.85. The van der Waals surface area contributed by atoms with Crippen LogP contribution in [0.15, 0.2) is 0 Å². The average molecular weight is 281 g/mol. The van der Waals surface area contributed by atoms with Crippen molar-refractivity contribution in [1.29, 1.82) is 0 Å². The Balaban J connectivity index is 0. The topological polar surface area (TPSA) is 47.9 Å². The van der Waals surface area contributed by atoms with E-state index in [1.807, 2.05) is 6.92 Å². The van der Waals surface area contributed by atoms with Crippen LogP contribution in [0, 0.1) is 0 Å². The van der Waals surface area contributed by atoms with Crippen LogP contribution in [0.3, 0.4) is 0 Å². The molecule has 0 rings (SSSR count). The smallest absolute Gasteiger partial charge is 0.0776 e. The second-order valence-corrected chi connectivity index (χ2v) is 3.05. The van der Waals surface area contributed by atoms with Crippen LogP contribution in [0.5, 0.6) is 0 Å². The number of aliphatic hydroxyl groups excluding tert-OH is 1. The Morgan fingerprint density at radius 1 is 1.07 bits per heavy atom. The molecule has 0 amide bonds. The molecule has 0 aliphatic carbocycles. The van der Waals surface area contributed by atoms with Crippen LogP contribution in [0.1, 0.15) is 13.8 Å². The maximum atomic E-state index is 8.85. The van der Waals surface area contributed by atoms with E-state index in [9.17, 15) is 0 Å². The molecule has 1 radical (unpaired) electrons. The summed E-state index contributed by atoms with van der Waals surface area (Å²) < 4.78 is 15.3. The van der Waals surface area contributed by atoms with Crippen LogP contribution in [0.2, 0.25) is 0 Å². The predicted octanol–water partition coefficient (Wildman–Crippen LogP) is 0.433. The van der Waals surface area contributed by atoms with Gasteiger partial charge >= 0.3 is 0 Å². The molecule has 0 aromatic carbocycles. The summed E-state index contributed by atoms with van der Waals surface area (Å²) in [7, 11) is 1.65. The number of hydrogen-bond acceptors (Lipinski definition) is 4. The molecular formula is C9H20O4Y. The molecule has 0 aliphatic heterocycles. The van der Waals surface area contributed by atoms with Gasteiger partial charge in [0.2, 0.25) is 0 Å². The van der Waals surface area contributed by atoms with E-state index in [4.69, 9.17) is 19.3 Å². The molecule has 4 nitrogen and oxygen atoms in total. The molecule has 14 heavy (non-hydrogen) atoms. The quantitative estimate of drug-likeness (QED) is 0.656. The third-order valence-electron chi connectivity index (χ3n) is 1.49. The van der Waals surface area contributed by atoms with E-state index < -0.39 is 6.10 Å². The van der Waals surface area contributed by atoms with Gasteiger partial charge in [-0.2, -0.15) is 0 Å². The Morgan fingerprint density at radius 2 is 1.57 bits per heavy atom. The predicted molar refractivity (Wildman–Crippen MR) is 49.8 cm³/mol. The molecule has 1 N–H and O–H groups in total. The summed E-state index contributed by atoms with van der Waals surface area (Å²) in [6.45, 7) is 5.63. The van der Waals surface area contributed by atoms with Crippen LogP contribution >= 0.6 is 0 Å². The molecule has 2 atom stereocenters. The fourth-order valence-electron chi connectivity index (χ4n) is 0.689. The van der Waals surface area contributed by atoms with Gasteiger partial charge in [0, 0.05) is 39.8 Å². The van der Waals surface area contributed by atoms with Gasteiger partial charge < -0.3 is 19.3 Å². The number of hydrogen-bond donors (Lipinski definition) is 1. The molecule has 83 valence electrons. The number of rotatable bonds is 8. The van der Waals surface area contributed by atoms with E-state index in [-0.39, 0.29) is 38.8 Å². The largest absolute Gasteiger partial charge is 0.391 e. The minimum absolute atomic E-state index is 0. The summed E-state index contributed by atoms with van der Waals surface area (Å²) in [6.07, 6.45) is -0.283. The summed E-state index contributed by atoms with van der Waals surface area (Å²) in [5.74, 6) is 0. The Labute approximate surface area is 111 Å². The third kappa shape index (κ3) is 12.9. The van der Waals surface area contributed by atoms with Crippen molar-refractivity contribution in [3.63, 3.8) is 0 Å². The van der Waals surface area contributed by atoms with Crippen molar-refractivity contribution in [2.75, 3.05) is 33.5 Å². The minimum atomic E-state index is -0.405. The van der Waals surface area contributed by atoms with E-state index in [2.05, 4.69) is 0 Å². The van der Waals surface area contributed by atoms with Crippen molar-refractivity contribution in [2.24, 2.45) is 0 Å². The van der Waals surface area contributed by atoms with Gasteiger partial charge in [0.1, 0.15) is 0 Å². The molecule has 2 unspecified atom stereocenters. The van der Waals surface area contributed by atoms with Gasteiger partial charge in [-0.15, -0.1) is 0 Å². The van der Waals surface area contributed by atoms with Gasteiger partial charge in [0.25, 0.3) is 0 Å². The fraction of sp³-hybridized carbons (Fsp3) is 1.00. The van der Waals surface area contributed by atoms with Gasteiger partial charge in [-0.05, 0) is 13.8 Å². The first kappa shape index (κ1) is 17.3. The van der Waals surface area contributed by atoms with Crippen LogP contribution in [-0.2, 0) is 46.9 Å². The molecule has 0 aliphatic rings. The molecular weight excluding hydrogens is 261 g/mol. The van der Waals surface area contributed by atoms with Gasteiger partial charge in [0.05, 0.1) is 38.6 Å². The average Bonchev–Trinajstić information content (AvgIpc) is 2.10. The molecule has 0 aromatic heterocycles. The van der Waals surface area contributed by atoms with Crippen LogP contribution in [0.25, 0.3) is 0 Å². The summed E-state index contributed by atoms with van der Waals surface area (Å²) in [6, 6.07) is 0. The number of aliphatic hydroxyl groups is 1. The minimum Gasteiger partial charge on any atom is -0.391 e. The maximum Gasteiger partial charge on any atom is 0.0776 e. The van der Waals surface area contributed by atoms with E-state index in [1.165, 1.54) is 0 Å². The summed E-state index contributed by atoms with van der Waals surface area (Å²) in [4.78, 5) is 0. The fourth-order valence-corrected chi connectivity index (χ4v) is 0.689. The maximum absolute atomic E-state index is 8.85. The van der Waals surface area contributed by atoms with Crippen molar-refractivity contribution in [3.05, 3.63) is 0 Å². The van der Waals surface area contributed by atoms with Crippen molar-refractivity contribution in [2.45, 2.75) is 26.1 Å². The number of ether oxygens (including phenoxy) is 3. The Hall–Kier alpha value is 0.944. The van der Waals surface area contributed by atoms with E-state index in [0.717, 1.165) is 0 Å². The molecule has 0 aromatic rings. The molecule has 0 saturated carbocycles. The van der Waals surface area contributed by atoms with Crippen LogP contribution < -0.4 is 0 Å². The van der Waals surface area contributed by atoms with Crippen LogP contribution in [0.4, 0.5) is 0 Å². The van der Waals surface area contributed by atoms with Gasteiger partial charge in [-0.25, -0.2) is 0 Å². The first-order chi connectivity index (χ1) is 6.16. The van der Waals surface area contributed by atoms with Gasteiger partial charge in [-0.1, -0.05) is 0 Å². The zero-order valence-electron chi connectivity index (χ0n) is 9.23. The second kappa shape index (κ2) is 12.0. The van der Waals surface area contributed by atoms with Crippen molar-refractivity contribution >= 4 is 0 Å². The SMILES string of the molecule is COC(C)COCCOCC(C)O.[Y]. The third-order valence-corrected chi connectivity index (χ3v) is 1.49. The first-order valence-electron chi connectivity index (χ1n) is 4.53. The first-order valence-corrected chi connectivity index (χ1v) is 4.53. The summed E-state index contributed by atoms with van der Waals surface area (Å²) in [5.41, 5.74) is 0. The molecule has 0 heterocycles. The van der Waals surface area contributed by atoms with Gasteiger partial charge in [0.15, 0.2) is 0 Å². The Bertz CT molecular complexity index is 111. The molecule has 0 saturated heterocycles. The van der Waals surface area contributed by atoms with Crippen molar-refractivity contribution in [3.8, 4) is 0 Å². The Morgan fingerprint density at radius 3 is 2.00 bits per heavy atom. The second-order valence-electron chi connectivity index (χ2n) is 3.05. The standard InChI is InChI=1S/C9H20O4.Y/c1-8(10)6-12-4-5-13-7-9(2)11-3;/h8-10H,4-7H2,1-3H3;. The number of methoxy groups -OCH3 is 1. The van der Waals surface area contributed by atoms with Crippen molar-refractivity contribution in [1.82, 2.24) is 0 Å². The molecule has 0 fully saturated rings. The molecule has 0 spiro atoms. The van der Waals surface area contributed by atoms with E-state index >= 15 is 0 Å². The molecule has 0 bridgehead atoms. The summed E-state index contributed by atoms with van der Waals surface area (Å²) >= 11 is 0. The van der Waals surface area contributed by atoms with Gasteiger partial charge in [-0.3, -0.25) is 0 Å². The zero-order valence-corrected chi connectivity index (χ0v) is 12.1. The zero-order chi connectivity index (χ0) is 10.1. The van der Waals surface area contributed by atoms with Crippen LogP contribution in [-0.4, -0.2) is 50.9 Å². The van der Waals surface area contributed by atoms with Crippen molar-refractivity contribution < 1.29 is 52.0 Å². The normalized spacial score (nSPS) is 14.6.